The number of hydrogen-bond acceptors (Lipinski definition) is 4. The van der Waals surface area contributed by atoms with Crippen LogP contribution < -0.4 is 0 Å². The molecule has 0 aliphatic carbocycles. The molecule has 0 bridgehead atoms. The van der Waals surface area contributed by atoms with Crippen LogP contribution in [0.15, 0.2) is 17.5 Å². The fourth-order valence-electron chi connectivity index (χ4n) is 4.16. The lowest BCUT2D eigenvalue weighted by Crippen LogP contribution is -2.53. The number of carbonyl (C=O) groups excluding carboxylic acids is 2. The highest BCUT2D eigenvalue weighted by Crippen LogP contribution is 2.44. The van der Waals surface area contributed by atoms with Crippen molar-refractivity contribution in [2.45, 2.75) is 69.6 Å². The van der Waals surface area contributed by atoms with Gasteiger partial charge in [0.2, 0.25) is 5.91 Å². The van der Waals surface area contributed by atoms with Gasteiger partial charge in [0.1, 0.15) is 0 Å². The summed E-state index contributed by atoms with van der Waals surface area (Å²) < 4.78 is 0. The quantitative estimate of drug-likeness (QED) is 0.568. The van der Waals surface area contributed by atoms with Crippen molar-refractivity contribution in [1.29, 1.82) is 0 Å². The zero-order valence-electron chi connectivity index (χ0n) is 16.5. The third kappa shape index (κ3) is 5.08. The van der Waals surface area contributed by atoms with Crippen molar-refractivity contribution in [2.24, 2.45) is 0 Å². The molecule has 1 aromatic heterocycles. The van der Waals surface area contributed by atoms with Gasteiger partial charge in [-0.15, -0.1) is 23.1 Å². The Morgan fingerprint density at radius 2 is 1.81 bits per heavy atom. The topological polar surface area (TPSA) is 40.6 Å². The number of piperidine rings is 1. The van der Waals surface area contributed by atoms with E-state index >= 15 is 0 Å². The van der Waals surface area contributed by atoms with E-state index in [4.69, 9.17) is 0 Å². The molecule has 150 valence electrons. The summed E-state index contributed by atoms with van der Waals surface area (Å²) in [6.45, 7) is 4.63. The summed E-state index contributed by atoms with van der Waals surface area (Å²) >= 11 is 3.44. The van der Waals surface area contributed by atoms with Gasteiger partial charge < -0.3 is 9.80 Å². The van der Waals surface area contributed by atoms with E-state index in [-0.39, 0.29) is 10.8 Å². The van der Waals surface area contributed by atoms with E-state index in [9.17, 15) is 9.59 Å². The fourth-order valence-corrected chi connectivity index (χ4v) is 6.29. The highest BCUT2D eigenvalue weighted by atomic mass is 32.2. The van der Waals surface area contributed by atoms with Gasteiger partial charge in [-0.3, -0.25) is 9.59 Å². The molecule has 0 aromatic carbocycles. The summed E-state index contributed by atoms with van der Waals surface area (Å²) in [5.41, 5.74) is 0. The molecule has 2 fully saturated rings. The first-order chi connectivity index (χ1) is 13.2. The van der Waals surface area contributed by atoms with Gasteiger partial charge in [-0.25, -0.2) is 0 Å². The van der Waals surface area contributed by atoms with Crippen molar-refractivity contribution in [3.8, 4) is 0 Å². The monoisotopic (exact) mass is 408 g/mol. The van der Waals surface area contributed by atoms with E-state index in [1.54, 1.807) is 0 Å². The Kier molecular flexibility index (Phi) is 7.65. The first-order valence-electron chi connectivity index (χ1n) is 10.4. The maximum absolute atomic E-state index is 12.9. The summed E-state index contributed by atoms with van der Waals surface area (Å²) in [7, 11) is 0. The second kappa shape index (κ2) is 9.97. The Hall–Kier alpha value is -1.01. The van der Waals surface area contributed by atoms with E-state index in [1.165, 1.54) is 43.4 Å². The zero-order chi connectivity index (χ0) is 19.1. The number of amides is 2. The van der Waals surface area contributed by atoms with E-state index in [0.29, 0.717) is 12.3 Å². The average molecular weight is 409 g/mol. The van der Waals surface area contributed by atoms with Crippen LogP contribution in [-0.4, -0.2) is 51.9 Å². The summed E-state index contributed by atoms with van der Waals surface area (Å²) in [6, 6.07) is 3.86. The fraction of sp³-hybridized carbons (Fsp3) is 0.714. The van der Waals surface area contributed by atoms with Crippen LogP contribution in [0.2, 0.25) is 0 Å². The third-order valence-electron chi connectivity index (χ3n) is 5.80. The van der Waals surface area contributed by atoms with Crippen molar-refractivity contribution in [3.63, 3.8) is 0 Å². The van der Waals surface area contributed by atoms with E-state index in [2.05, 4.69) is 11.8 Å². The SMILES string of the molecule is CCCCCCCCC(=O)N1CCC2(CC1)SCCN2C(=O)c1cccs1. The van der Waals surface area contributed by atoms with Gasteiger partial charge in [0.25, 0.3) is 5.91 Å². The third-order valence-corrected chi connectivity index (χ3v) is 8.21. The average Bonchev–Trinajstić information content (AvgIpc) is 3.35. The van der Waals surface area contributed by atoms with Gasteiger partial charge in [0.15, 0.2) is 0 Å². The molecule has 2 saturated heterocycles. The largest absolute Gasteiger partial charge is 0.342 e. The second-order valence-corrected chi connectivity index (χ2v) is 10.0. The molecule has 0 N–H and O–H groups in total. The highest BCUT2D eigenvalue weighted by molar-refractivity contribution is 8.00. The molecule has 3 rings (SSSR count). The predicted molar refractivity (Wildman–Crippen MR) is 114 cm³/mol. The van der Waals surface area contributed by atoms with Crippen LogP contribution in [0.5, 0.6) is 0 Å². The van der Waals surface area contributed by atoms with Crippen LogP contribution in [0.3, 0.4) is 0 Å². The Labute approximate surface area is 171 Å². The summed E-state index contributed by atoms with van der Waals surface area (Å²) in [4.78, 5) is 30.3. The highest BCUT2D eigenvalue weighted by Gasteiger charge is 2.47. The molecular weight excluding hydrogens is 376 g/mol. The molecule has 0 radical (unpaired) electrons. The van der Waals surface area contributed by atoms with Crippen LogP contribution in [0.25, 0.3) is 0 Å². The number of nitrogens with zero attached hydrogens (tertiary/aromatic N) is 2. The lowest BCUT2D eigenvalue weighted by Gasteiger charge is -2.44. The molecule has 0 saturated carbocycles. The number of rotatable bonds is 8. The maximum Gasteiger partial charge on any atom is 0.265 e. The Bertz CT molecular complexity index is 610. The summed E-state index contributed by atoms with van der Waals surface area (Å²) in [5, 5.41) is 1.96. The Morgan fingerprint density at radius 3 is 2.52 bits per heavy atom. The molecule has 3 heterocycles. The van der Waals surface area contributed by atoms with Gasteiger partial charge >= 0.3 is 0 Å². The van der Waals surface area contributed by atoms with Gasteiger partial charge in [0, 0.05) is 31.8 Å². The van der Waals surface area contributed by atoms with Gasteiger partial charge in [-0.2, -0.15) is 0 Å². The second-order valence-electron chi connectivity index (χ2n) is 7.63. The molecule has 4 nitrogen and oxygen atoms in total. The molecule has 2 amide bonds. The van der Waals surface area contributed by atoms with E-state index in [0.717, 1.165) is 49.5 Å². The first-order valence-corrected chi connectivity index (χ1v) is 12.3. The molecule has 6 heteroatoms. The molecule has 1 spiro atoms. The molecular formula is C21H32N2O2S2. The smallest absolute Gasteiger partial charge is 0.265 e. The molecule has 27 heavy (non-hydrogen) atoms. The maximum atomic E-state index is 12.9. The molecule has 0 unspecified atom stereocenters. The number of hydrogen-bond donors (Lipinski definition) is 0. The van der Waals surface area contributed by atoms with Crippen molar-refractivity contribution in [2.75, 3.05) is 25.4 Å². The molecule has 0 atom stereocenters. The minimum Gasteiger partial charge on any atom is -0.342 e. The van der Waals surface area contributed by atoms with Gasteiger partial charge in [0.05, 0.1) is 9.75 Å². The normalized spacial score (nSPS) is 19.0. The van der Waals surface area contributed by atoms with Gasteiger partial charge in [-0.05, 0) is 30.7 Å². The minimum absolute atomic E-state index is 0.0992. The van der Waals surface area contributed by atoms with Crippen molar-refractivity contribution in [1.82, 2.24) is 9.80 Å². The van der Waals surface area contributed by atoms with Crippen LogP contribution in [0.4, 0.5) is 0 Å². The number of likely N-dealkylation sites (tertiary alicyclic amines) is 1. The standard InChI is InChI=1S/C21H32N2O2S2/c1-2-3-4-5-6-7-10-19(24)22-13-11-21(12-14-22)23(15-17-27-21)20(25)18-9-8-16-26-18/h8-9,16H,2-7,10-15,17H2,1H3. The van der Waals surface area contributed by atoms with Crippen molar-refractivity contribution < 1.29 is 9.59 Å². The van der Waals surface area contributed by atoms with Gasteiger partial charge in [-0.1, -0.05) is 45.1 Å². The van der Waals surface area contributed by atoms with Crippen molar-refractivity contribution >= 4 is 34.9 Å². The lowest BCUT2D eigenvalue weighted by molar-refractivity contribution is -0.132. The summed E-state index contributed by atoms with van der Waals surface area (Å²) in [5.74, 6) is 1.48. The van der Waals surface area contributed by atoms with Crippen molar-refractivity contribution in [3.05, 3.63) is 22.4 Å². The number of carbonyl (C=O) groups is 2. The van der Waals surface area contributed by atoms with Crippen LogP contribution >= 0.6 is 23.1 Å². The first kappa shape index (κ1) is 20.7. The minimum atomic E-state index is -0.0992. The summed E-state index contributed by atoms with van der Waals surface area (Å²) in [6.07, 6.45) is 9.78. The Balaban J connectivity index is 1.46. The molecule has 2 aliphatic rings. The number of thiophene rings is 1. The molecule has 1 aromatic rings. The van der Waals surface area contributed by atoms with Crippen LogP contribution in [-0.2, 0) is 4.79 Å². The lowest BCUT2D eigenvalue weighted by atomic mass is 10.0. The number of thioether (sulfide) groups is 1. The number of unbranched alkanes of at least 4 members (excludes halogenated alkanes) is 5. The Morgan fingerprint density at radius 1 is 1.07 bits per heavy atom. The molecule has 2 aliphatic heterocycles. The van der Waals surface area contributed by atoms with E-state index < -0.39 is 0 Å². The van der Waals surface area contributed by atoms with E-state index in [1.807, 2.05) is 34.2 Å². The predicted octanol–water partition coefficient (Wildman–Crippen LogP) is 5.01. The van der Waals surface area contributed by atoms with Crippen LogP contribution in [0, 0.1) is 0 Å². The zero-order valence-corrected chi connectivity index (χ0v) is 18.1. The van der Waals surface area contributed by atoms with Crippen LogP contribution in [0.1, 0.15) is 74.4 Å².